The normalized spacial score (nSPS) is 13.8. The van der Waals surface area contributed by atoms with E-state index in [0.717, 1.165) is 0 Å². The molecule has 0 aliphatic carbocycles. The Labute approximate surface area is 100.0 Å². The van der Waals surface area contributed by atoms with Crippen molar-refractivity contribution in [3.05, 3.63) is 0 Å². The van der Waals surface area contributed by atoms with Crippen molar-refractivity contribution in [2.24, 2.45) is 0 Å². The van der Waals surface area contributed by atoms with Crippen LogP contribution in [0, 0.1) is 0 Å². The van der Waals surface area contributed by atoms with E-state index >= 15 is 0 Å². The van der Waals surface area contributed by atoms with Crippen molar-refractivity contribution in [1.29, 1.82) is 0 Å². The maximum absolute atomic E-state index is 11.1. The highest BCUT2D eigenvalue weighted by Crippen LogP contribution is 2.33. The highest BCUT2D eigenvalue weighted by atomic mass is 80.0. The first kappa shape index (κ1) is 12.9. The zero-order chi connectivity index (χ0) is 9.94. The van der Waals surface area contributed by atoms with E-state index < -0.39 is 19.3 Å². The number of carbonyl (C=O) groups excluding carboxylic acids is 2. The highest BCUT2D eigenvalue weighted by Gasteiger charge is 2.30. The van der Waals surface area contributed by atoms with Crippen molar-refractivity contribution >= 4 is 70.5 Å². The fraction of sp³-hybridized carbons (Fsp3) is 0.600. The lowest BCUT2D eigenvalue weighted by Gasteiger charge is -2.14. The van der Waals surface area contributed by atoms with Crippen LogP contribution >= 0.6 is 59.4 Å². The Kier molecular flexibility index (Phi) is 5.29. The van der Waals surface area contributed by atoms with E-state index in [2.05, 4.69) is 53.1 Å². The molecule has 1 amide bonds. The smallest absolute Gasteiger partial charge is 0.259 e. The first-order chi connectivity index (χ1) is 5.25. The molecule has 0 saturated carbocycles. The van der Waals surface area contributed by atoms with Gasteiger partial charge in [0.1, 0.15) is 6.04 Å². The molecule has 0 aromatic heterocycles. The SMILES string of the molecule is CC(NC(=O)C(Br)(Br)Br)C(=O)Cl. The van der Waals surface area contributed by atoms with Crippen molar-refractivity contribution in [2.45, 2.75) is 15.1 Å². The molecule has 0 radical (unpaired) electrons. The summed E-state index contributed by atoms with van der Waals surface area (Å²) in [5.74, 6) is -0.427. The minimum atomic E-state index is -1.05. The molecular formula is C5H5Br3ClNO2. The Hall–Kier alpha value is 0.870. The number of amides is 1. The van der Waals surface area contributed by atoms with Gasteiger partial charge in [0.05, 0.1) is 0 Å². The number of carbonyl (C=O) groups is 2. The minimum Gasteiger partial charge on any atom is -0.343 e. The molecule has 0 spiro atoms. The van der Waals surface area contributed by atoms with E-state index in [9.17, 15) is 9.59 Å². The fourth-order valence-corrected chi connectivity index (χ4v) is 0.733. The predicted octanol–water partition coefficient (Wildman–Crippen LogP) is 2.09. The predicted molar refractivity (Wildman–Crippen MR) is 58.0 cm³/mol. The van der Waals surface area contributed by atoms with Crippen LogP contribution in [0.3, 0.4) is 0 Å². The van der Waals surface area contributed by atoms with Crippen molar-refractivity contribution in [3.8, 4) is 0 Å². The molecule has 12 heavy (non-hydrogen) atoms. The van der Waals surface area contributed by atoms with Gasteiger partial charge in [-0.05, 0) is 66.3 Å². The summed E-state index contributed by atoms with van der Waals surface area (Å²) in [5, 5.41) is 1.75. The van der Waals surface area contributed by atoms with Crippen LogP contribution in [0.2, 0.25) is 0 Å². The second kappa shape index (κ2) is 4.93. The largest absolute Gasteiger partial charge is 0.343 e. The fourth-order valence-electron chi connectivity index (χ4n) is 0.335. The van der Waals surface area contributed by atoms with E-state index in [1.807, 2.05) is 0 Å². The van der Waals surface area contributed by atoms with Gasteiger partial charge in [-0.1, -0.05) is 0 Å². The van der Waals surface area contributed by atoms with Crippen LogP contribution < -0.4 is 5.32 Å². The lowest BCUT2D eigenvalue weighted by Crippen LogP contribution is -2.42. The van der Waals surface area contributed by atoms with Crippen LogP contribution in [0.4, 0.5) is 0 Å². The molecule has 0 aliphatic rings. The summed E-state index contributed by atoms with van der Waals surface area (Å²) in [4.78, 5) is 21.6. The second-order valence-corrected chi connectivity index (χ2v) is 9.13. The third-order valence-corrected chi connectivity index (χ3v) is 2.35. The van der Waals surface area contributed by atoms with Gasteiger partial charge < -0.3 is 5.32 Å². The van der Waals surface area contributed by atoms with Crippen molar-refractivity contribution < 1.29 is 9.59 Å². The Bertz CT molecular complexity index is 203. The van der Waals surface area contributed by atoms with Crippen LogP contribution in [-0.2, 0) is 9.59 Å². The van der Waals surface area contributed by atoms with Gasteiger partial charge in [0.2, 0.25) is 7.39 Å². The average molecular weight is 386 g/mol. The van der Waals surface area contributed by atoms with Gasteiger partial charge in [-0.15, -0.1) is 0 Å². The molecule has 0 aromatic rings. The summed E-state index contributed by atoms with van der Waals surface area (Å²) in [6.45, 7) is 1.49. The minimum absolute atomic E-state index is 0.427. The second-order valence-electron chi connectivity index (χ2n) is 2.00. The Morgan fingerprint density at radius 1 is 1.42 bits per heavy atom. The summed E-state index contributed by atoms with van der Waals surface area (Å²) in [7, 11) is 0. The summed E-state index contributed by atoms with van der Waals surface area (Å²) in [5.41, 5.74) is 0. The highest BCUT2D eigenvalue weighted by molar-refractivity contribution is 9.40. The van der Waals surface area contributed by atoms with Crippen LogP contribution in [0.15, 0.2) is 0 Å². The van der Waals surface area contributed by atoms with Crippen LogP contribution in [0.5, 0.6) is 0 Å². The number of hydrogen-bond acceptors (Lipinski definition) is 2. The maximum atomic E-state index is 11.1. The first-order valence-electron chi connectivity index (χ1n) is 2.82. The zero-order valence-electron chi connectivity index (χ0n) is 5.91. The topological polar surface area (TPSA) is 46.2 Å². The number of rotatable bonds is 2. The monoisotopic (exact) mass is 383 g/mol. The van der Waals surface area contributed by atoms with Gasteiger partial charge in [0.15, 0.2) is 0 Å². The standard InChI is InChI=1S/C5H5Br3ClNO2/c1-2(3(9)11)10-4(12)5(6,7)8/h2H,1H3,(H,10,12). The summed E-state index contributed by atoms with van der Waals surface area (Å²) in [6.07, 6.45) is 0. The van der Waals surface area contributed by atoms with Gasteiger partial charge in [0, 0.05) is 0 Å². The summed E-state index contributed by atoms with van der Waals surface area (Å²) >= 11 is 14.1. The average Bonchev–Trinajstić information content (AvgIpc) is 1.85. The molecule has 1 N–H and O–H groups in total. The Balaban J connectivity index is 4.11. The van der Waals surface area contributed by atoms with Gasteiger partial charge in [-0.3, -0.25) is 9.59 Å². The van der Waals surface area contributed by atoms with E-state index in [1.54, 1.807) is 0 Å². The van der Waals surface area contributed by atoms with E-state index in [-0.39, 0.29) is 0 Å². The molecule has 7 heteroatoms. The molecular weight excluding hydrogens is 381 g/mol. The van der Waals surface area contributed by atoms with Crippen molar-refractivity contribution in [2.75, 3.05) is 0 Å². The van der Waals surface area contributed by atoms with Crippen LogP contribution in [0.25, 0.3) is 0 Å². The Morgan fingerprint density at radius 3 is 2.08 bits per heavy atom. The van der Waals surface area contributed by atoms with Crippen LogP contribution in [-0.4, -0.2) is 19.3 Å². The molecule has 70 valence electrons. The van der Waals surface area contributed by atoms with Crippen molar-refractivity contribution in [3.63, 3.8) is 0 Å². The summed E-state index contributed by atoms with van der Waals surface area (Å²) < 4.78 is -1.05. The quantitative estimate of drug-likeness (QED) is 0.584. The molecule has 0 aromatic carbocycles. The number of hydrogen-bond donors (Lipinski definition) is 1. The zero-order valence-corrected chi connectivity index (χ0v) is 11.4. The number of alkyl halides is 3. The van der Waals surface area contributed by atoms with E-state index in [4.69, 9.17) is 11.6 Å². The third-order valence-electron chi connectivity index (χ3n) is 0.946. The molecule has 0 aliphatic heterocycles. The van der Waals surface area contributed by atoms with Gasteiger partial charge >= 0.3 is 0 Å². The van der Waals surface area contributed by atoms with E-state index in [1.165, 1.54) is 6.92 Å². The number of nitrogens with one attached hydrogen (secondary N) is 1. The maximum Gasteiger partial charge on any atom is 0.259 e. The van der Waals surface area contributed by atoms with Crippen LogP contribution in [0.1, 0.15) is 6.92 Å². The lowest BCUT2D eigenvalue weighted by molar-refractivity contribution is -0.123. The molecule has 0 heterocycles. The molecule has 1 atom stereocenters. The van der Waals surface area contributed by atoms with E-state index in [0.29, 0.717) is 0 Å². The molecule has 0 rings (SSSR count). The molecule has 3 nitrogen and oxygen atoms in total. The van der Waals surface area contributed by atoms with Gasteiger partial charge in [0.25, 0.3) is 5.91 Å². The molecule has 1 unspecified atom stereocenters. The third kappa shape index (κ3) is 4.79. The van der Waals surface area contributed by atoms with Crippen molar-refractivity contribution in [1.82, 2.24) is 5.32 Å². The van der Waals surface area contributed by atoms with Gasteiger partial charge in [-0.25, -0.2) is 0 Å². The molecule has 0 bridgehead atoms. The lowest BCUT2D eigenvalue weighted by atomic mass is 10.4. The Morgan fingerprint density at radius 2 is 1.83 bits per heavy atom. The first-order valence-corrected chi connectivity index (χ1v) is 5.58. The van der Waals surface area contributed by atoms with Gasteiger partial charge in [-0.2, -0.15) is 0 Å². The summed E-state index contributed by atoms with van der Waals surface area (Å²) in [6, 6.07) is -0.703. The number of halogens is 4. The molecule has 0 saturated heterocycles. The molecule has 0 fully saturated rings.